The van der Waals surface area contributed by atoms with E-state index in [9.17, 15) is 9.90 Å². The van der Waals surface area contributed by atoms with Gasteiger partial charge in [-0.3, -0.25) is 0 Å². The first-order valence-electron chi connectivity index (χ1n) is 9.13. The van der Waals surface area contributed by atoms with Crippen LogP contribution in [0.1, 0.15) is 90.4 Å². The van der Waals surface area contributed by atoms with Crippen molar-refractivity contribution in [2.75, 3.05) is 7.11 Å². The molecule has 3 heteroatoms. The van der Waals surface area contributed by atoms with Crippen molar-refractivity contribution in [3.63, 3.8) is 0 Å². The first-order valence-corrected chi connectivity index (χ1v) is 9.13. The lowest BCUT2D eigenvalue weighted by Gasteiger charge is -2.07. The third-order valence-electron chi connectivity index (χ3n) is 3.96. The van der Waals surface area contributed by atoms with E-state index in [1.54, 1.807) is 0 Å². The fourth-order valence-electron chi connectivity index (χ4n) is 2.49. The summed E-state index contributed by atoms with van der Waals surface area (Å²) in [6.07, 6.45) is 19.1. The van der Waals surface area contributed by atoms with Crippen LogP contribution in [0.5, 0.6) is 0 Å². The first-order chi connectivity index (χ1) is 10.7. The summed E-state index contributed by atoms with van der Waals surface area (Å²) in [6, 6.07) is 0. The number of hydrogen-bond donors (Lipinski definition) is 1. The van der Waals surface area contributed by atoms with Crippen LogP contribution >= 0.6 is 0 Å². The highest BCUT2D eigenvalue weighted by Gasteiger charge is 2.13. The van der Waals surface area contributed by atoms with E-state index in [4.69, 9.17) is 0 Å². The SMILES string of the molecule is CCCCCCCC/C=C\CCCCCC[C@H](O)C(=O)OC. The Bertz CT molecular complexity index is 274. The molecule has 1 N–H and O–H groups in total. The van der Waals surface area contributed by atoms with Crippen LogP contribution in [-0.2, 0) is 9.53 Å². The molecule has 0 bridgehead atoms. The summed E-state index contributed by atoms with van der Waals surface area (Å²) in [5.74, 6) is -0.516. The lowest BCUT2D eigenvalue weighted by atomic mass is 10.1. The molecule has 0 aromatic heterocycles. The van der Waals surface area contributed by atoms with E-state index < -0.39 is 12.1 Å². The summed E-state index contributed by atoms with van der Waals surface area (Å²) in [4.78, 5) is 11.0. The van der Waals surface area contributed by atoms with Gasteiger partial charge in [-0.2, -0.15) is 0 Å². The number of aliphatic hydroxyl groups is 1. The monoisotopic (exact) mass is 312 g/mol. The Balaban J connectivity index is 3.22. The lowest BCUT2D eigenvalue weighted by Crippen LogP contribution is -2.21. The number of carbonyl (C=O) groups excluding carboxylic acids is 1. The van der Waals surface area contributed by atoms with Crippen molar-refractivity contribution in [3.05, 3.63) is 12.2 Å². The molecule has 0 fully saturated rings. The fourth-order valence-corrected chi connectivity index (χ4v) is 2.49. The molecule has 0 aliphatic heterocycles. The first kappa shape index (κ1) is 21.2. The van der Waals surface area contributed by atoms with Gasteiger partial charge in [0, 0.05) is 0 Å². The topological polar surface area (TPSA) is 46.5 Å². The second-order valence-electron chi connectivity index (χ2n) is 6.06. The summed E-state index contributed by atoms with van der Waals surface area (Å²) in [6.45, 7) is 2.25. The molecule has 0 heterocycles. The van der Waals surface area contributed by atoms with Crippen molar-refractivity contribution in [2.24, 2.45) is 0 Å². The maximum Gasteiger partial charge on any atom is 0.334 e. The standard InChI is InChI=1S/C19H36O3/c1-3-4-5-6-7-8-9-10-11-12-13-14-15-16-17-18(20)19(21)22-2/h10-11,18,20H,3-9,12-17H2,1-2H3/b11-10-/t18-/m0/s1. The zero-order valence-electron chi connectivity index (χ0n) is 14.7. The number of unbranched alkanes of at least 4 members (excludes halogenated alkanes) is 10. The zero-order chi connectivity index (χ0) is 16.5. The van der Waals surface area contributed by atoms with E-state index in [0.717, 1.165) is 25.7 Å². The van der Waals surface area contributed by atoms with Gasteiger partial charge in [0.15, 0.2) is 6.10 Å². The fraction of sp³-hybridized carbons (Fsp3) is 0.842. The highest BCUT2D eigenvalue weighted by atomic mass is 16.5. The van der Waals surface area contributed by atoms with Crippen molar-refractivity contribution in [3.8, 4) is 0 Å². The number of carbonyl (C=O) groups is 1. The quantitative estimate of drug-likeness (QED) is 0.258. The minimum absolute atomic E-state index is 0.514. The average molecular weight is 312 g/mol. The van der Waals surface area contributed by atoms with Gasteiger partial charge in [-0.15, -0.1) is 0 Å². The molecule has 0 aromatic rings. The second-order valence-corrected chi connectivity index (χ2v) is 6.06. The van der Waals surface area contributed by atoms with E-state index in [1.807, 2.05) is 0 Å². The number of rotatable bonds is 15. The van der Waals surface area contributed by atoms with E-state index in [-0.39, 0.29) is 0 Å². The lowest BCUT2D eigenvalue weighted by molar-refractivity contribution is -0.150. The van der Waals surface area contributed by atoms with Crippen LogP contribution in [0.15, 0.2) is 12.2 Å². The van der Waals surface area contributed by atoms with Crippen LogP contribution in [0, 0.1) is 0 Å². The number of aliphatic hydroxyl groups excluding tert-OH is 1. The van der Waals surface area contributed by atoms with E-state index >= 15 is 0 Å². The maximum absolute atomic E-state index is 11.0. The Labute approximate surface area is 137 Å². The Morgan fingerprint density at radius 1 is 0.909 bits per heavy atom. The Morgan fingerprint density at radius 3 is 1.95 bits per heavy atom. The molecule has 0 amide bonds. The minimum atomic E-state index is -0.942. The van der Waals surface area contributed by atoms with Gasteiger partial charge in [0.2, 0.25) is 0 Å². The largest absolute Gasteiger partial charge is 0.467 e. The molecule has 0 aliphatic carbocycles. The van der Waals surface area contributed by atoms with E-state index in [0.29, 0.717) is 6.42 Å². The predicted molar refractivity (Wildman–Crippen MR) is 92.9 cm³/mol. The number of hydrogen-bond acceptors (Lipinski definition) is 3. The third-order valence-corrected chi connectivity index (χ3v) is 3.96. The smallest absolute Gasteiger partial charge is 0.334 e. The number of methoxy groups -OCH3 is 1. The predicted octanol–water partition coefficient (Wildman–Crippen LogP) is 5.17. The minimum Gasteiger partial charge on any atom is -0.467 e. The molecule has 0 rings (SSSR count). The normalized spacial score (nSPS) is 12.7. The van der Waals surface area contributed by atoms with Crippen LogP contribution in [0.2, 0.25) is 0 Å². The highest BCUT2D eigenvalue weighted by Crippen LogP contribution is 2.10. The van der Waals surface area contributed by atoms with Crippen molar-refractivity contribution in [1.82, 2.24) is 0 Å². The van der Waals surface area contributed by atoms with Gasteiger partial charge in [0.05, 0.1) is 7.11 Å². The van der Waals surface area contributed by atoms with Crippen LogP contribution in [-0.4, -0.2) is 24.3 Å². The molecule has 0 saturated carbocycles. The number of esters is 1. The molecule has 0 radical (unpaired) electrons. The number of allylic oxidation sites excluding steroid dienone is 2. The Hall–Kier alpha value is -0.830. The molecule has 130 valence electrons. The third kappa shape index (κ3) is 14.1. The Kier molecular flexibility index (Phi) is 15.9. The van der Waals surface area contributed by atoms with Crippen LogP contribution in [0.4, 0.5) is 0 Å². The summed E-state index contributed by atoms with van der Waals surface area (Å²) in [7, 11) is 1.31. The van der Waals surface area contributed by atoms with Crippen molar-refractivity contribution in [1.29, 1.82) is 0 Å². The van der Waals surface area contributed by atoms with Gasteiger partial charge in [-0.25, -0.2) is 4.79 Å². The van der Waals surface area contributed by atoms with Crippen LogP contribution in [0.25, 0.3) is 0 Å². The van der Waals surface area contributed by atoms with Crippen LogP contribution < -0.4 is 0 Å². The molecule has 3 nitrogen and oxygen atoms in total. The molecule has 0 aliphatic rings. The highest BCUT2D eigenvalue weighted by molar-refractivity contribution is 5.74. The average Bonchev–Trinajstić information content (AvgIpc) is 2.54. The molecule has 0 aromatic carbocycles. The van der Waals surface area contributed by atoms with Crippen molar-refractivity contribution in [2.45, 2.75) is 96.5 Å². The molecule has 0 spiro atoms. The van der Waals surface area contributed by atoms with Gasteiger partial charge in [0.25, 0.3) is 0 Å². The van der Waals surface area contributed by atoms with E-state index in [2.05, 4.69) is 23.8 Å². The summed E-state index contributed by atoms with van der Waals surface area (Å²) in [5.41, 5.74) is 0. The summed E-state index contributed by atoms with van der Waals surface area (Å²) in [5, 5.41) is 9.42. The van der Waals surface area contributed by atoms with E-state index in [1.165, 1.54) is 58.5 Å². The molecule has 0 saturated heterocycles. The maximum atomic E-state index is 11.0. The van der Waals surface area contributed by atoms with Gasteiger partial charge < -0.3 is 9.84 Å². The van der Waals surface area contributed by atoms with Gasteiger partial charge in [-0.05, 0) is 32.1 Å². The molecule has 1 atom stereocenters. The van der Waals surface area contributed by atoms with Gasteiger partial charge in [0.1, 0.15) is 0 Å². The molecular weight excluding hydrogens is 276 g/mol. The van der Waals surface area contributed by atoms with Crippen molar-refractivity contribution >= 4 is 5.97 Å². The summed E-state index contributed by atoms with van der Waals surface area (Å²) >= 11 is 0. The second kappa shape index (κ2) is 16.5. The van der Waals surface area contributed by atoms with Gasteiger partial charge in [-0.1, -0.05) is 70.4 Å². The zero-order valence-corrected chi connectivity index (χ0v) is 14.7. The van der Waals surface area contributed by atoms with Crippen molar-refractivity contribution < 1.29 is 14.6 Å². The molecular formula is C19H36O3. The Morgan fingerprint density at radius 2 is 1.41 bits per heavy atom. The summed E-state index contributed by atoms with van der Waals surface area (Å²) < 4.78 is 4.48. The molecule has 0 unspecified atom stereocenters. The molecule has 22 heavy (non-hydrogen) atoms. The van der Waals surface area contributed by atoms with Gasteiger partial charge >= 0.3 is 5.97 Å². The van der Waals surface area contributed by atoms with Crippen LogP contribution in [0.3, 0.4) is 0 Å². The number of ether oxygens (including phenoxy) is 1.